The molecule has 0 aliphatic carbocycles. The number of nitrogens with one attached hydrogen (secondary N) is 2. The quantitative estimate of drug-likeness (QED) is 0.787. The predicted molar refractivity (Wildman–Crippen MR) is 97.5 cm³/mol. The van der Waals surface area contributed by atoms with Gasteiger partial charge in [-0.1, -0.05) is 17.7 Å². The molecule has 0 fully saturated rings. The van der Waals surface area contributed by atoms with E-state index in [1.165, 1.54) is 14.0 Å². The van der Waals surface area contributed by atoms with Crippen LogP contribution in [0.3, 0.4) is 0 Å². The van der Waals surface area contributed by atoms with Crippen LogP contribution in [0, 0.1) is 0 Å². The lowest BCUT2D eigenvalue weighted by molar-refractivity contribution is -0.116. The van der Waals surface area contributed by atoms with Crippen molar-refractivity contribution >= 4 is 34.8 Å². The molecule has 0 heterocycles. The van der Waals surface area contributed by atoms with Gasteiger partial charge in [0.1, 0.15) is 11.5 Å². The summed E-state index contributed by atoms with van der Waals surface area (Å²) in [5.41, 5.74) is 1.04. The van der Waals surface area contributed by atoms with E-state index in [4.69, 9.17) is 21.1 Å². The van der Waals surface area contributed by atoms with Gasteiger partial charge in [0, 0.05) is 17.6 Å². The monoisotopic (exact) mass is 362 g/mol. The van der Waals surface area contributed by atoms with Crippen molar-refractivity contribution in [3.63, 3.8) is 0 Å². The minimum atomic E-state index is -0.225. The Kier molecular flexibility index (Phi) is 6.65. The third-order valence-corrected chi connectivity index (χ3v) is 3.42. The molecule has 0 atom stereocenters. The third-order valence-electron chi connectivity index (χ3n) is 3.19. The second-order valence-electron chi connectivity index (χ2n) is 5.20. The van der Waals surface area contributed by atoms with E-state index in [1.54, 1.807) is 42.5 Å². The van der Waals surface area contributed by atoms with E-state index < -0.39 is 0 Å². The largest absolute Gasteiger partial charge is 0.495 e. The maximum atomic E-state index is 12.0. The summed E-state index contributed by atoms with van der Waals surface area (Å²) in [5, 5.41) is 5.98. The number of methoxy groups -OCH3 is 1. The number of hydrogen-bond donors (Lipinski definition) is 2. The molecule has 0 aromatic heterocycles. The van der Waals surface area contributed by atoms with E-state index in [-0.39, 0.29) is 24.8 Å². The fourth-order valence-corrected chi connectivity index (χ4v) is 2.30. The van der Waals surface area contributed by atoms with Crippen molar-refractivity contribution in [3.8, 4) is 11.5 Å². The summed E-state index contributed by atoms with van der Waals surface area (Å²) < 4.78 is 10.7. The van der Waals surface area contributed by atoms with Gasteiger partial charge >= 0.3 is 0 Å². The van der Waals surface area contributed by atoms with E-state index in [2.05, 4.69) is 10.6 Å². The predicted octanol–water partition coefficient (Wildman–Crippen LogP) is 3.71. The van der Waals surface area contributed by atoms with E-state index in [0.717, 1.165) is 0 Å². The summed E-state index contributed by atoms with van der Waals surface area (Å²) in [7, 11) is 1.51. The molecule has 2 rings (SSSR count). The van der Waals surface area contributed by atoms with Crippen molar-refractivity contribution in [2.75, 3.05) is 24.4 Å². The Morgan fingerprint density at radius 1 is 1.12 bits per heavy atom. The third kappa shape index (κ3) is 6.00. The van der Waals surface area contributed by atoms with Crippen LogP contribution in [-0.2, 0) is 9.59 Å². The molecule has 0 aliphatic heterocycles. The number of halogens is 1. The highest BCUT2D eigenvalue weighted by Gasteiger charge is 2.09. The summed E-state index contributed by atoms with van der Waals surface area (Å²) in [6.07, 6.45) is 0.175. The molecule has 0 radical (unpaired) electrons. The molecule has 0 bridgehead atoms. The number of hydrogen-bond acceptors (Lipinski definition) is 4. The number of carbonyl (C=O) groups excluding carboxylic acids is 2. The van der Waals surface area contributed by atoms with Gasteiger partial charge in [-0.15, -0.1) is 0 Å². The highest BCUT2D eigenvalue weighted by atomic mass is 35.5. The topological polar surface area (TPSA) is 76.7 Å². The molecule has 25 heavy (non-hydrogen) atoms. The summed E-state index contributed by atoms with van der Waals surface area (Å²) in [6, 6.07) is 12.0. The van der Waals surface area contributed by atoms with Gasteiger partial charge in [-0.2, -0.15) is 0 Å². The van der Waals surface area contributed by atoms with Crippen molar-refractivity contribution in [3.05, 3.63) is 47.5 Å². The molecule has 132 valence electrons. The van der Waals surface area contributed by atoms with Gasteiger partial charge in [0.2, 0.25) is 11.8 Å². The number of anilines is 2. The van der Waals surface area contributed by atoms with Gasteiger partial charge in [0.25, 0.3) is 0 Å². The second kappa shape index (κ2) is 8.94. The average molecular weight is 363 g/mol. The summed E-state index contributed by atoms with van der Waals surface area (Å²) in [5.74, 6) is 0.688. The number of benzene rings is 2. The minimum absolute atomic E-state index is 0.175. The Bertz CT molecular complexity index is 764. The molecule has 7 heteroatoms. The zero-order valence-corrected chi connectivity index (χ0v) is 14.7. The van der Waals surface area contributed by atoms with Crippen molar-refractivity contribution in [1.82, 2.24) is 0 Å². The SMILES string of the molecule is COc1ccc(NC(=O)CCOc2cccc(Cl)c2)cc1NC(C)=O. The standard InChI is InChI=1S/C18H19ClN2O4/c1-12(22)20-16-11-14(6-7-17(16)24-2)21-18(23)8-9-25-15-5-3-4-13(19)10-15/h3-7,10-11H,8-9H2,1-2H3,(H,20,22)(H,21,23). The van der Waals surface area contributed by atoms with Crippen LogP contribution in [0.1, 0.15) is 13.3 Å². The number of ether oxygens (including phenoxy) is 2. The van der Waals surface area contributed by atoms with E-state index in [0.29, 0.717) is 27.9 Å². The van der Waals surface area contributed by atoms with Crippen LogP contribution in [0.2, 0.25) is 5.02 Å². The van der Waals surface area contributed by atoms with E-state index >= 15 is 0 Å². The Balaban J connectivity index is 1.90. The highest BCUT2D eigenvalue weighted by Crippen LogP contribution is 2.27. The normalized spacial score (nSPS) is 10.0. The zero-order chi connectivity index (χ0) is 18.2. The Hall–Kier alpha value is -2.73. The first-order valence-electron chi connectivity index (χ1n) is 7.62. The second-order valence-corrected chi connectivity index (χ2v) is 5.64. The van der Waals surface area contributed by atoms with Gasteiger partial charge < -0.3 is 20.1 Å². The maximum absolute atomic E-state index is 12.0. The lowest BCUT2D eigenvalue weighted by Crippen LogP contribution is -2.15. The molecule has 0 aliphatic rings. The first kappa shape index (κ1) is 18.6. The molecule has 2 aromatic carbocycles. The minimum Gasteiger partial charge on any atom is -0.495 e. The Labute approximate surface area is 151 Å². The van der Waals surface area contributed by atoms with Crippen LogP contribution in [0.5, 0.6) is 11.5 Å². The zero-order valence-electron chi connectivity index (χ0n) is 14.0. The molecule has 2 amide bonds. The smallest absolute Gasteiger partial charge is 0.227 e. The van der Waals surface area contributed by atoms with Crippen molar-refractivity contribution < 1.29 is 19.1 Å². The molecule has 0 saturated heterocycles. The first-order chi connectivity index (χ1) is 12.0. The number of rotatable bonds is 7. The van der Waals surface area contributed by atoms with Gasteiger partial charge in [-0.3, -0.25) is 9.59 Å². The highest BCUT2D eigenvalue weighted by molar-refractivity contribution is 6.30. The fraction of sp³-hybridized carbons (Fsp3) is 0.222. The molecule has 0 unspecified atom stereocenters. The lowest BCUT2D eigenvalue weighted by atomic mass is 10.2. The van der Waals surface area contributed by atoms with Crippen LogP contribution in [0.15, 0.2) is 42.5 Å². The number of amides is 2. The van der Waals surface area contributed by atoms with E-state index in [1.807, 2.05) is 0 Å². The van der Waals surface area contributed by atoms with Gasteiger partial charge in [0.15, 0.2) is 0 Å². The molecule has 0 saturated carbocycles. The maximum Gasteiger partial charge on any atom is 0.227 e. The van der Waals surface area contributed by atoms with Crippen molar-refractivity contribution in [1.29, 1.82) is 0 Å². The Morgan fingerprint density at radius 3 is 2.60 bits per heavy atom. The van der Waals surface area contributed by atoms with Crippen LogP contribution in [0.25, 0.3) is 0 Å². The summed E-state index contributed by atoms with van der Waals surface area (Å²) in [4.78, 5) is 23.3. The van der Waals surface area contributed by atoms with Crippen LogP contribution < -0.4 is 20.1 Å². The average Bonchev–Trinajstić information content (AvgIpc) is 2.54. The molecular formula is C18H19ClN2O4. The first-order valence-corrected chi connectivity index (χ1v) is 7.99. The number of carbonyl (C=O) groups is 2. The van der Waals surface area contributed by atoms with Gasteiger partial charge in [-0.25, -0.2) is 0 Å². The van der Waals surface area contributed by atoms with Crippen molar-refractivity contribution in [2.45, 2.75) is 13.3 Å². The summed E-state index contributed by atoms with van der Waals surface area (Å²) in [6.45, 7) is 1.62. The van der Waals surface area contributed by atoms with Crippen LogP contribution in [-0.4, -0.2) is 25.5 Å². The van der Waals surface area contributed by atoms with Crippen LogP contribution in [0.4, 0.5) is 11.4 Å². The van der Waals surface area contributed by atoms with E-state index in [9.17, 15) is 9.59 Å². The lowest BCUT2D eigenvalue weighted by Gasteiger charge is -2.12. The summed E-state index contributed by atoms with van der Waals surface area (Å²) >= 11 is 5.87. The van der Waals surface area contributed by atoms with Crippen LogP contribution >= 0.6 is 11.6 Å². The molecule has 2 N–H and O–H groups in total. The molecule has 0 spiro atoms. The molecule has 6 nitrogen and oxygen atoms in total. The fourth-order valence-electron chi connectivity index (χ4n) is 2.11. The molecule has 2 aromatic rings. The van der Waals surface area contributed by atoms with Gasteiger partial charge in [-0.05, 0) is 36.4 Å². The Morgan fingerprint density at radius 2 is 1.92 bits per heavy atom. The van der Waals surface area contributed by atoms with Gasteiger partial charge in [0.05, 0.1) is 25.8 Å². The molecular weight excluding hydrogens is 344 g/mol. The van der Waals surface area contributed by atoms with Crippen molar-refractivity contribution in [2.24, 2.45) is 0 Å².